The van der Waals surface area contributed by atoms with E-state index >= 15 is 0 Å². The maximum atomic E-state index is 12.2. The Hall–Kier alpha value is -2.86. The van der Waals surface area contributed by atoms with Gasteiger partial charge in [0.2, 0.25) is 17.7 Å². The summed E-state index contributed by atoms with van der Waals surface area (Å²) in [5, 5.41) is 2.84. The zero-order valence-corrected chi connectivity index (χ0v) is 15.8. The molecule has 6 nitrogen and oxygen atoms in total. The van der Waals surface area contributed by atoms with E-state index in [2.05, 4.69) is 5.32 Å². The van der Waals surface area contributed by atoms with Crippen molar-refractivity contribution in [2.24, 2.45) is 0 Å². The first-order valence-corrected chi connectivity index (χ1v) is 8.55. The zero-order valence-electron chi connectivity index (χ0n) is 15.0. The van der Waals surface area contributed by atoms with Crippen molar-refractivity contribution in [3.63, 3.8) is 0 Å². The molecular weight excluding hydrogens is 366 g/mol. The van der Waals surface area contributed by atoms with E-state index in [1.54, 1.807) is 18.2 Å². The van der Waals surface area contributed by atoms with E-state index in [0.29, 0.717) is 29.9 Å². The minimum absolute atomic E-state index is 0. The number of benzene rings is 2. The fraction of sp³-hybridized carbons (Fsp3) is 0.250. The molecule has 0 aromatic heterocycles. The third-order valence-corrected chi connectivity index (χ3v) is 4.45. The molecule has 3 amide bonds. The minimum atomic E-state index is -0.185. The van der Waals surface area contributed by atoms with Crippen molar-refractivity contribution in [1.82, 2.24) is 0 Å². The molecule has 142 valence electrons. The first kappa shape index (κ1) is 20.5. The number of carbonyl (C=O) groups excluding carboxylic acids is 3. The summed E-state index contributed by atoms with van der Waals surface area (Å²) in [7, 11) is 0. The van der Waals surface area contributed by atoms with Crippen molar-refractivity contribution in [2.75, 3.05) is 16.0 Å². The summed E-state index contributed by atoms with van der Waals surface area (Å²) >= 11 is 0. The van der Waals surface area contributed by atoms with E-state index in [0.717, 1.165) is 11.1 Å². The van der Waals surface area contributed by atoms with Crippen molar-refractivity contribution < 1.29 is 14.4 Å². The fourth-order valence-electron chi connectivity index (χ4n) is 3.06. The number of carbonyl (C=O) groups is 3. The molecule has 2 aromatic rings. The van der Waals surface area contributed by atoms with Gasteiger partial charge in [-0.15, -0.1) is 12.4 Å². The third kappa shape index (κ3) is 4.65. The number of halogens is 1. The van der Waals surface area contributed by atoms with Crippen LogP contribution in [0, 0.1) is 6.92 Å². The Morgan fingerprint density at radius 3 is 2.41 bits per heavy atom. The molecule has 1 heterocycles. The van der Waals surface area contributed by atoms with Crippen LogP contribution in [0.3, 0.4) is 0 Å². The van der Waals surface area contributed by atoms with Gasteiger partial charge in [0.15, 0.2) is 0 Å². The normalized spacial score (nSPS) is 13.4. The highest BCUT2D eigenvalue weighted by atomic mass is 35.5. The molecule has 0 radical (unpaired) electrons. The smallest absolute Gasteiger partial charge is 0.234 e. The van der Waals surface area contributed by atoms with Gasteiger partial charge in [-0.25, -0.2) is 0 Å². The maximum Gasteiger partial charge on any atom is 0.234 e. The average molecular weight is 388 g/mol. The second-order valence-electron chi connectivity index (χ2n) is 6.37. The van der Waals surface area contributed by atoms with Gasteiger partial charge in [-0.05, 0) is 48.7 Å². The van der Waals surface area contributed by atoms with E-state index < -0.39 is 0 Å². The number of rotatable bonds is 5. The molecule has 1 fully saturated rings. The van der Waals surface area contributed by atoms with Crippen molar-refractivity contribution in [3.05, 3.63) is 53.6 Å². The molecule has 0 unspecified atom stereocenters. The first-order valence-electron chi connectivity index (χ1n) is 8.55. The van der Waals surface area contributed by atoms with Crippen LogP contribution >= 0.6 is 12.4 Å². The van der Waals surface area contributed by atoms with E-state index in [9.17, 15) is 14.4 Å². The summed E-state index contributed by atoms with van der Waals surface area (Å²) in [6.45, 7) is 1.81. The first-order chi connectivity index (χ1) is 12.5. The van der Waals surface area contributed by atoms with E-state index in [1.165, 1.54) is 4.90 Å². The highest BCUT2D eigenvalue weighted by Crippen LogP contribution is 2.28. The highest BCUT2D eigenvalue weighted by Gasteiger charge is 2.31. The van der Waals surface area contributed by atoms with Crippen LogP contribution in [0.1, 0.15) is 30.4 Å². The maximum absolute atomic E-state index is 12.2. The molecule has 2 aromatic carbocycles. The molecular formula is C20H22ClN3O3. The number of para-hydroxylation sites is 1. The van der Waals surface area contributed by atoms with Crippen LogP contribution < -0.4 is 16.0 Å². The lowest BCUT2D eigenvalue weighted by atomic mass is 10.1. The molecule has 0 bridgehead atoms. The number of hydrogen-bond acceptors (Lipinski definition) is 4. The predicted molar refractivity (Wildman–Crippen MR) is 108 cm³/mol. The molecule has 1 aliphatic rings. The molecule has 1 saturated heterocycles. The lowest BCUT2D eigenvalue weighted by Gasteiger charge is -2.17. The summed E-state index contributed by atoms with van der Waals surface area (Å²) in [4.78, 5) is 37.1. The molecule has 0 spiro atoms. The zero-order chi connectivity index (χ0) is 18.7. The molecule has 0 atom stereocenters. The molecule has 7 heteroatoms. The summed E-state index contributed by atoms with van der Waals surface area (Å²) < 4.78 is 0. The Morgan fingerprint density at radius 2 is 1.78 bits per heavy atom. The molecule has 3 rings (SSSR count). The van der Waals surface area contributed by atoms with Gasteiger partial charge in [0.05, 0.1) is 5.69 Å². The predicted octanol–water partition coefficient (Wildman–Crippen LogP) is 3.22. The van der Waals surface area contributed by atoms with Crippen molar-refractivity contribution in [3.8, 4) is 0 Å². The van der Waals surface area contributed by atoms with Gasteiger partial charge in [-0.2, -0.15) is 0 Å². The second-order valence-corrected chi connectivity index (χ2v) is 6.37. The lowest BCUT2D eigenvalue weighted by Crippen LogP contribution is -2.29. The number of anilines is 3. The summed E-state index contributed by atoms with van der Waals surface area (Å²) in [6, 6.07) is 12.6. The van der Waals surface area contributed by atoms with Crippen molar-refractivity contribution in [2.45, 2.75) is 32.6 Å². The van der Waals surface area contributed by atoms with Gasteiger partial charge in [0.1, 0.15) is 0 Å². The van der Waals surface area contributed by atoms with Crippen molar-refractivity contribution in [1.29, 1.82) is 0 Å². The van der Waals surface area contributed by atoms with Crippen LogP contribution in [0.25, 0.3) is 0 Å². The van der Waals surface area contributed by atoms with Crippen LogP contribution in [-0.4, -0.2) is 17.7 Å². The minimum Gasteiger partial charge on any atom is -0.399 e. The number of amides is 3. The standard InChI is InChI=1S/C20H21N3O3.ClH/c1-13-12-15(7-8-17(13)23-19(25)10-11-20(23)26)22-18(24)9-6-14-4-2-3-5-16(14)21;/h2-5,7-8,12H,6,9-11,21H2,1H3,(H,22,24);1H. The van der Waals surface area contributed by atoms with E-state index in [4.69, 9.17) is 5.73 Å². The Morgan fingerprint density at radius 1 is 1.11 bits per heavy atom. The Balaban J connectivity index is 0.00000261. The van der Waals surface area contributed by atoms with Gasteiger partial charge in [0, 0.05) is 30.6 Å². The molecule has 0 aliphatic carbocycles. The molecule has 27 heavy (non-hydrogen) atoms. The van der Waals surface area contributed by atoms with Crippen LogP contribution in [0.4, 0.5) is 17.1 Å². The van der Waals surface area contributed by atoms with E-state index in [-0.39, 0.29) is 43.0 Å². The largest absolute Gasteiger partial charge is 0.399 e. The molecule has 1 aliphatic heterocycles. The van der Waals surface area contributed by atoms with Crippen LogP contribution in [-0.2, 0) is 20.8 Å². The van der Waals surface area contributed by atoms with Gasteiger partial charge in [-0.1, -0.05) is 18.2 Å². The summed E-state index contributed by atoms with van der Waals surface area (Å²) in [5.74, 6) is -0.487. The molecule has 0 saturated carbocycles. The SMILES string of the molecule is Cc1cc(NC(=O)CCc2ccccc2N)ccc1N1C(=O)CCC1=O.Cl. The number of nitrogen functional groups attached to an aromatic ring is 1. The Bertz CT molecular complexity index is 867. The third-order valence-electron chi connectivity index (χ3n) is 4.45. The number of imide groups is 1. The van der Waals surface area contributed by atoms with Crippen molar-refractivity contribution >= 4 is 47.2 Å². The van der Waals surface area contributed by atoms with Gasteiger partial charge < -0.3 is 11.1 Å². The number of hydrogen-bond donors (Lipinski definition) is 2. The van der Waals surface area contributed by atoms with Gasteiger partial charge >= 0.3 is 0 Å². The number of aryl methyl sites for hydroxylation is 2. The lowest BCUT2D eigenvalue weighted by molar-refractivity contribution is -0.121. The van der Waals surface area contributed by atoms with Crippen LogP contribution in [0.2, 0.25) is 0 Å². The Kier molecular flexibility index (Phi) is 6.58. The molecule has 3 N–H and O–H groups in total. The second kappa shape index (κ2) is 8.68. The monoisotopic (exact) mass is 387 g/mol. The van der Waals surface area contributed by atoms with Crippen LogP contribution in [0.5, 0.6) is 0 Å². The van der Waals surface area contributed by atoms with Crippen LogP contribution in [0.15, 0.2) is 42.5 Å². The number of nitrogens with two attached hydrogens (primary N) is 1. The van der Waals surface area contributed by atoms with Gasteiger partial charge in [-0.3, -0.25) is 19.3 Å². The average Bonchev–Trinajstić information content (AvgIpc) is 2.93. The topological polar surface area (TPSA) is 92.5 Å². The van der Waals surface area contributed by atoms with E-state index in [1.807, 2.05) is 31.2 Å². The Labute approximate surface area is 164 Å². The number of nitrogens with one attached hydrogen (secondary N) is 1. The van der Waals surface area contributed by atoms with Gasteiger partial charge in [0.25, 0.3) is 0 Å². The summed E-state index contributed by atoms with van der Waals surface area (Å²) in [6.07, 6.45) is 1.38. The summed E-state index contributed by atoms with van der Waals surface area (Å²) in [5.41, 5.74) is 9.49. The fourth-order valence-corrected chi connectivity index (χ4v) is 3.06. The quantitative estimate of drug-likeness (QED) is 0.608. The number of nitrogens with zero attached hydrogens (tertiary/aromatic N) is 1. The highest BCUT2D eigenvalue weighted by molar-refractivity contribution is 6.20.